The van der Waals surface area contributed by atoms with Crippen LogP contribution in [0, 0.1) is 0 Å². The van der Waals surface area contributed by atoms with Crippen molar-refractivity contribution in [2.75, 3.05) is 19.1 Å². The van der Waals surface area contributed by atoms with Crippen LogP contribution in [0.1, 0.15) is 6.92 Å². The van der Waals surface area contributed by atoms with Crippen LogP contribution < -0.4 is 34.9 Å². The van der Waals surface area contributed by atoms with E-state index >= 15 is 0 Å². The Kier molecular flexibility index (Phi) is 7.87. The molecule has 0 atom stereocenters. The standard InChI is InChI=1S/C5H13NO5S.Na/c1-5(2-7,3-8)6-4-12(9,10)11;/h6-8H,2-4H2,1H3,(H,9,10,11);/q;+1/p-1. The SMILES string of the molecule is CC(CO)(CO)NCS(=O)(=O)[O-].[Na+]. The van der Waals surface area contributed by atoms with E-state index in [1.54, 1.807) is 0 Å². The minimum Gasteiger partial charge on any atom is -0.747 e. The largest absolute Gasteiger partial charge is 1.00 e. The molecule has 0 aromatic heterocycles. The summed E-state index contributed by atoms with van der Waals surface area (Å²) in [6, 6.07) is 0. The van der Waals surface area contributed by atoms with E-state index in [9.17, 15) is 13.0 Å². The van der Waals surface area contributed by atoms with Gasteiger partial charge >= 0.3 is 29.6 Å². The molecule has 0 aromatic rings. The Balaban J connectivity index is 0. The van der Waals surface area contributed by atoms with Gasteiger partial charge in [-0.15, -0.1) is 0 Å². The van der Waals surface area contributed by atoms with Crippen LogP contribution in [0.2, 0.25) is 0 Å². The molecule has 0 aliphatic carbocycles. The van der Waals surface area contributed by atoms with Crippen LogP contribution in [-0.4, -0.2) is 47.8 Å². The third-order valence-corrected chi connectivity index (χ3v) is 1.87. The monoisotopic (exact) mass is 221 g/mol. The molecule has 0 aliphatic heterocycles. The molecule has 0 rings (SSSR count). The van der Waals surface area contributed by atoms with Crippen LogP contribution in [-0.2, 0) is 10.1 Å². The molecular formula is C5H12NNaO5S. The molecule has 0 fully saturated rings. The second kappa shape index (κ2) is 6.31. The molecule has 0 unspecified atom stereocenters. The van der Waals surface area contributed by atoms with E-state index in [4.69, 9.17) is 10.2 Å². The first-order valence-corrected chi connectivity index (χ1v) is 4.81. The summed E-state index contributed by atoms with van der Waals surface area (Å²) in [6.07, 6.45) is 0. The van der Waals surface area contributed by atoms with Gasteiger partial charge in [-0.05, 0) is 6.92 Å². The maximum Gasteiger partial charge on any atom is 1.00 e. The maximum absolute atomic E-state index is 10.1. The normalized spacial score (nSPS) is 12.3. The van der Waals surface area contributed by atoms with Gasteiger partial charge in [0.05, 0.1) is 24.6 Å². The fraction of sp³-hybridized carbons (Fsp3) is 1.00. The van der Waals surface area contributed by atoms with Gasteiger partial charge in [-0.3, -0.25) is 5.32 Å². The van der Waals surface area contributed by atoms with Crippen molar-refractivity contribution in [3.63, 3.8) is 0 Å². The summed E-state index contributed by atoms with van der Waals surface area (Å²) in [6.45, 7) is 0.510. The molecule has 0 saturated heterocycles. The van der Waals surface area contributed by atoms with Crippen LogP contribution >= 0.6 is 0 Å². The average molecular weight is 221 g/mol. The number of aliphatic hydroxyl groups excluding tert-OH is 2. The minimum absolute atomic E-state index is 0. The number of aliphatic hydroxyl groups is 2. The average Bonchev–Trinajstić information content (AvgIpc) is 1.99. The third kappa shape index (κ3) is 7.83. The molecule has 0 aromatic carbocycles. The zero-order chi connectivity index (χ0) is 9.83. The molecule has 0 heterocycles. The molecule has 8 heteroatoms. The third-order valence-electron chi connectivity index (χ3n) is 1.37. The van der Waals surface area contributed by atoms with Crippen LogP contribution in [0.25, 0.3) is 0 Å². The maximum atomic E-state index is 10.1. The van der Waals surface area contributed by atoms with Crippen molar-refractivity contribution < 1.29 is 52.7 Å². The van der Waals surface area contributed by atoms with E-state index in [0.29, 0.717) is 0 Å². The first-order valence-electron chi connectivity index (χ1n) is 3.23. The molecule has 0 saturated carbocycles. The van der Waals surface area contributed by atoms with Crippen molar-refractivity contribution in [1.29, 1.82) is 0 Å². The summed E-state index contributed by atoms with van der Waals surface area (Å²) in [4.78, 5) is 0. The molecule has 0 aliphatic rings. The van der Waals surface area contributed by atoms with Crippen LogP contribution in [0.3, 0.4) is 0 Å². The smallest absolute Gasteiger partial charge is 0.747 e. The predicted molar refractivity (Wildman–Crippen MR) is 40.3 cm³/mol. The molecule has 74 valence electrons. The van der Waals surface area contributed by atoms with Crippen molar-refractivity contribution >= 4 is 10.1 Å². The molecule has 6 nitrogen and oxygen atoms in total. The molecule has 0 amide bonds. The summed E-state index contributed by atoms with van der Waals surface area (Å²) < 4.78 is 30.4. The van der Waals surface area contributed by atoms with Crippen LogP contribution in [0.15, 0.2) is 0 Å². The van der Waals surface area contributed by atoms with Gasteiger partial charge < -0.3 is 14.8 Å². The Bertz CT molecular complexity index is 225. The Hall–Kier alpha value is 0.790. The second-order valence-electron chi connectivity index (χ2n) is 2.76. The Labute approximate surface area is 99.4 Å². The van der Waals surface area contributed by atoms with Gasteiger partial charge in [-0.2, -0.15) is 0 Å². The van der Waals surface area contributed by atoms with Gasteiger partial charge in [-0.1, -0.05) is 0 Å². The zero-order valence-corrected chi connectivity index (χ0v) is 10.5. The number of rotatable bonds is 5. The summed E-state index contributed by atoms with van der Waals surface area (Å²) in [5, 5.41) is 19.6. The molecule has 0 spiro atoms. The van der Waals surface area contributed by atoms with E-state index in [0.717, 1.165) is 0 Å². The van der Waals surface area contributed by atoms with Crippen molar-refractivity contribution in [2.24, 2.45) is 0 Å². The van der Waals surface area contributed by atoms with E-state index in [-0.39, 0.29) is 29.6 Å². The first-order chi connectivity index (χ1) is 5.33. The number of hydrogen-bond acceptors (Lipinski definition) is 6. The quantitative estimate of drug-likeness (QED) is 0.316. The van der Waals surface area contributed by atoms with E-state index in [2.05, 4.69) is 5.32 Å². The van der Waals surface area contributed by atoms with Gasteiger partial charge in [0.25, 0.3) is 0 Å². The fourth-order valence-electron chi connectivity index (χ4n) is 0.424. The first kappa shape index (κ1) is 16.2. The van der Waals surface area contributed by atoms with Crippen molar-refractivity contribution in [3.05, 3.63) is 0 Å². The molecule has 13 heavy (non-hydrogen) atoms. The molecule has 0 radical (unpaired) electrons. The van der Waals surface area contributed by atoms with E-state index in [1.807, 2.05) is 0 Å². The number of hydrogen-bond donors (Lipinski definition) is 3. The van der Waals surface area contributed by atoms with E-state index < -0.39 is 34.7 Å². The summed E-state index contributed by atoms with van der Waals surface area (Å²) in [5.41, 5.74) is -1.13. The van der Waals surface area contributed by atoms with Gasteiger partial charge in [0.1, 0.15) is 10.1 Å². The zero-order valence-electron chi connectivity index (χ0n) is 7.65. The number of nitrogens with one attached hydrogen (secondary N) is 1. The van der Waals surface area contributed by atoms with Crippen molar-refractivity contribution in [1.82, 2.24) is 5.32 Å². The van der Waals surface area contributed by atoms with Crippen molar-refractivity contribution in [2.45, 2.75) is 12.5 Å². The summed E-state index contributed by atoms with van der Waals surface area (Å²) >= 11 is 0. The van der Waals surface area contributed by atoms with Gasteiger partial charge in [0.15, 0.2) is 0 Å². The Morgan fingerprint density at radius 1 is 1.38 bits per heavy atom. The molecule has 0 bridgehead atoms. The fourth-order valence-corrected chi connectivity index (χ4v) is 0.950. The van der Waals surface area contributed by atoms with Gasteiger partial charge in [0, 0.05) is 0 Å². The predicted octanol–water partition coefficient (Wildman–Crippen LogP) is -5.17. The Morgan fingerprint density at radius 2 is 1.77 bits per heavy atom. The molecular weight excluding hydrogens is 209 g/mol. The van der Waals surface area contributed by atoms with Gasteiger partial charge in [-0.25, -0.2) is 8.42 Å². The summed E-state index contributed by atoms with van der Waals surface area (Å²) in [5.74, 6) is -0.801. The van der Waals surface area contributed by atoms with Crippen LogP contribution in [0.4, 0.5) is 0 Å². The molecule has 3 N–H and O–H groups in total. The second-order valence-corrected chi connectivity index (χ2v) is 4.16. The minimum atomic E-state index is -4.36. The van der Waals surface area contributed by atoms with Crippen LogP contribution in [0.5, 0.6) is 0 Å². The van der Waals surface area contributed by atoms with Crippen molar-refractivity contribution in [3.8, 4) is 0 Å². The topological polar surface area (TPSA) is 110 Å². The summed E-state index contributed by atoms with van der Waals surface area (Å²) in [7, 11) is -4.36. The Morgan fingerprint density at radius 3 is 2.00 bits per heavy atom. The van der Waals surface area contributed by atoms with E-state index in [1.165, 1.54) is 6.92 Å². The van der Waals surface area contributed by atoms with Gasteiger partial charge in [0.2, 0.25) is 0 Å².